The van der Waals surface area contributed by atoms with Crippen molar-refractivity contribution in [1.82, 2.24) is 5.32 Å². The zero-order chi connectivity index (χ0) is 16.8. The van der Waals surface area contributed by atoms with Gasteiger partial charge in [-0.05, 0) is 37.6 Å². The van der Waals surface area contributed by atoms with Crippen molar-refractivity contribution < 1.29 is 27.4 Å². The highest BCUT2D eigenvalue weighted by Gasteiger charge is 2.27. The van der Waals surface area contributed by atoms with Gasteiger partial charge in [0.05, 0.1) is 19.8 Å². The van der Waals surface area contributed by atoms with Crippen LogP contribution in [0.15, 0.2) is 18.2 Å². The number of halogens is 3. The van der Waals surface area contributed by atoms with Crippen LogP contribution in [-0.4, -0.2) is 38.6 Å². The van der Waals surface area contributed by atoms with Crippen LogP contribution in [0.2, 0.25) is 0 Å². The lowest BCUT2D eigenvalue weighted by atomic mass is 10.2. The van der Waals surface area contributed by atoms with Gasteiger partial charge in [0.15, 0.2) is 0 Å². The maximum Gasteiger partial charge on any atom is 0.411 e. The molecule has 22 heavy (non-hydrogen) atoms. The highest BCUT2D eigenvalue weighted by Crippen LogP contribution is 2.21. The van der Waals surface area contributed by atoms with Gasteiger partial charge in [0, 0.05) is 5.69 Å². The molecular formula is C14H19F3N2O3. The normalized spacial score (nSPS) is 12.6. The van der Waals surface area contributed by atoms with Gasteiger partial charge in [-0.25, -0.2) is 4.79 Å². The van der Waals surface area contributed by atoms with Gasteiger partial charge >= 0.3 is 12.2 Å². The minimum absolute atomic E-state index is 0.228. The molecule has 0 aromatic heterocycles. The summed E-state index contributed by atoms with van der Waals surface area (Å²) in [5, 5.41) is 5.08. The number of aryl methyl sites for hydroxylation is 1. The molecule has 2 N–H and O–H groups in total. The van der Waals surface area contributed by atoms with E-state index in [1.165, 1.54) is 0 Å². The van der Waals surface area contributed by atoms with Crippen molar-refractivity contribution in [3.8, 4) is 5.75 Å². The summed E-state index contributed by atoms with van der Waals surface area (Å²) in [6.07, 6.45) is -4.37. The van der Waals surface area contributed by atoms with Crippen LogP contribution in [0.3, 0.4) is 0 Å². The molecule has 0 aliphatic rings. The molecule has 0 saturated carbocycles. The predicted molar refractivity (Wildman–Crippen MR) is 76.2 cm³/mol. The molecule has 0 aliphatic carbocycles. The number of ether oxygens (including phenoxy) is 2. The van der Waals surface area contributed by atoms with Gasteiger partial charge < -0.3 is 20.1 Å². The summed E-state index contributed by atoms with van der Waals surface area (Å²) < 4.78 is 45.3. The van der Waals surface area contributed by atoms with E-state index in [2.05, 4.69) is 15.4 Å². The van der Waals surface area contributed by atoms with Gasteiger partial charge in [0.1, 0.15) is 12.4 Å². The first-order valence-electron chi connectivity index (χ1n) is 6.58. The minimum atomic E-state index is -4.37. The summed E-state index contributed by atoms with van der Waals surface area (Å²) in [6.45, 7) is 1.82. The van der Waals surface area contributed by atoms with Crippen molar-refractivity contribution in [3.05, 3.63) is 23.8 Å². The number of rotatable bonds is 6. The molecule has 5 nitrogen and oxygen atoms in total. The summed E-state index contributed by atoms with van der Waals surface area (Å²) in [4.78, 5) is 11.7. The van der Waals surface area contributed by atoms with E-state index >= 15 is 0 Å². The van der Waals surface area contributed by atoms with Crippen molar-refractivity contribution in [2.45, 2.75) is 26.1 Å². The Labute approximate surface area is 126 Å². The van der Waals surface area contributed by atoms with Gasteiger partial charge in [-0.2, -0.15) is 13.2 Å². The molecule has 0 saturated heterocycles. The number of carbonyl (C=O) groups is 1. The molecule has 0 unspecified atom stereocenters. The number of amides is 2. The van der Waals surface area contributed by atoms with E-state index in [1.807, 2.05) is 6.92 Å². The fraction of sp³-hybridized carbons (Fsp3) is 0.500. The van der Waals surface area contributed by atoms with Gasteiger partial charge in [0.25, 0.3) is 0 Å². The molecule has 1 atom stereocenters. The average molecular weight is 320 g/mol. The Hall–Kier alpha value is -1.96. The van der Waals surface area contributed by atoms with Crippen molar-refractivity contribution >= 4 is 11.7 Å². The van der Waals surface area contributed by atoms with E-state index < -0.39 is 24.9 Å². The second-order valence-electron chi connectivity index (χ2n) is 4.81. The maximum atomic E-state index is 11.9. The fourth-order valence-electron chi connectivity index (χ4n) is 1.74. The third-order valence-electron chi connectivity index (χ3n) is 2.66. The summed E-state index contributed by atoms with van der Waals surface area (Å²) in [5.41, 5.74) is 1.40. The molecule has 1 rings (SSSR count). The van der Waals surface area contributed by atoms with Crippen molar-refractivity contribution in [3.63, 3.8) is 0 Å². The number of hydrogen-bond acceptors (Lipinski definition) is 3. The van der Waals surface area contributed by atoms with Gasteiger partial charge in [-0.1, -0.05) is 0 Å². The van der Waals surface area contributed by atoms with E-state index in [0.717, 1.165) is 5.56 Å². The van der Waals surface area contributed by atoms with Crippen molar-refractivity contribution in [2.24, 2.45) is 0 Å². The molecule has 0 fully saturated rings. The lowest BCUT2D eigenvalue weighted by Gasteiger charge is -2.16. The number of anilines is 1. The molecule has 0 spiro atoms. The van der Waals surface area contributed by atoms with E-state index in [4.69, 9.17) is 4.74 Å². The van der Waals surface area contributed by atoms with Gasteiger partial charge in [-0.3, -0.25) is 0 Å². The molecule has 2 amide bonds. The van der Waals surface area contributed by atoms with Crippen LogP contribution in [0.5, 0.6) is 5.75 Å². The van der Waals surface area contributed by atoms with Crippen LogP contribution < -0.4 is 15.4 Å². The lowest BCUT2D eigenvalue weighted by Crippen LogP contribution is -2.39. The number of methoxy groups -OCH3 is 1. The van der Waals surface area contributed by atoms with E-state index in [-0.39, 0.29) is 6.61 Å². The van der Waals surface area contributed by atoms with Crippen LogP contribution in [0, 0.1) is 6.92 Å². The van der Waals surface area contributed by atoms with Crippen LogP contribution in [0.4, 0.5) is 23.7 Å². The van der Waals surface area contributed by atoms with Crippen LogP contribution in [0.1, 0.15) is 12.5 Å². The second-order valence-corrected chi connectivity index (χ2v) is 4.81. The Morgan fingerprint density at radius 3 is 2.59 bits per heavy atom. The Bertz CT molecular complexity index is 507. The minimum Gasteiger partial charge on any atom is -0.496 e. The largest absolute Gasteiger partial charge is 0.496 e. The molecule has 0 aliphatic heterocycles. The number of urea groups is 1. The Kier molecular flexibility index (Phi) is 6.48. The third-order valence-corrected chi connectivity index (χ3v) is 2.66. The zero-order valence-corrected chi connectivity index (χ0v) is 12.6. The lowest BCUT2D eigenvalue weighted by molar-refractivity contribution is -0.174. The van der Waals surface area contributed by atoms with Crippen LogP contribution in [0.25, 0.3) is 0 Å². The summed E-state index contributed by atoms with van der Waals surface area (Å²) in [6, 6.07) is 4.02. The zero-order valence-electron chi connectivity index (χ0n) is 12.6. The predicted octanol–water partition coefficient (Wildman–Crippen LogP) is 3.09. The standard InChI is InChI=1S/C14H19F3N2O3/c1-9-6-11(4-5-12(9)21-3)19-13(20)18-10(2)7-22-8-14(15,16)17/h4-6,10H,7-8H2,1-3H3,(H2,18,19,20)/t10-/m1/s1. The molecular weight excluding hydrogens is 301 g/mol. The average Bonchev–Trinajstić information content (AvgIpc) is 2.37. The summed E-state index contributed by atoms with van der Waals surface area (Å²) in [7, 11) is 1.55. The fourth-order valence-corrected chi connectivity index (χ4v) is 1.74. The number of carbonyl (C=O) groups excluding carboxylic acids is 1. The Morgan fingerprint density at radius 2 is 2.05 bits per heavy atom. The smallest absolute Gasteiger partial charge is 0.411 e. The number of hydrogen-bond donors (Lipinski definition) is 2. The second kappa shape index (κ2) is 7.88. The first-order chi connectivity index (χ1) is 10.2. The quantitative estimate of drug-likeness (QED) is 0.847. The van der Waals surface area contributed by atoms with Crippen LogP contribution in [-0.2, 0) is 4.74 Å². The highest BCUT2D eigenvalue weighted by molar-refractivity contribution is 5.89. The van der Waals surface area contributed by atoms with Crippen molar-refractivity contribution in [1.29, 1.82) is 0 Å². The molecule has 0 bridgehead atoms. The van der Waals surface area contributed by atoms with E-state index in [0.29, 0.717) is 11.4 Å². The van der Waals surface area contributed by atoms with Crippen LogP contribution >= 0.6 is 0 Å². The molecule has 8 heteroatoms. The number of alkyl halides is 3. The summed E-state index contributed by atoms with van der Waals surface area (Å²) >= 11 is 0. The highest BCUT2D eigenvalue weighted by atomic mass is 19.4. The topological polar surface area (TPSA) is 59.6 Å². The maximum absolute atomic E-state index is 11.9. The third kappa shape index (κ3) is 6.66. The molecule has 1 aromatic rings. The molecule has 124 valence electrons. The Balaban J connectivity index is 2.41. The number of benzene rings is 1. The van der Waals surface area contributed by atoms with Crippen molar-refractivity contribution in [2.75, 3.05) is 25.6 Å². The summed E-state index contributed by atoms with van der Waals surface area (Å²) in [5.74, 6) is 0.694. The monoisotopic (exact) mass is 320 g/mol. The first kappa shape index (κ1) is 18.1. The van der Waals surface area contributed by atoms with E-state index in [9.17, 15) is 18.0 Å². The van der Waals surface area contributed by atoms with Gasteiger partial charge in [-0.15, -0.1) is 0 Å². The molecule has 1 aromatic carbocycles. The SMILES string of the molecule is COc1ccc(NC(=O)N[C@H](C)COCC(F)(F)F)cc1C. The first-order valence-corrected chi connectivity index (χ1v) is 6.58. The molecule has 0 heterocycles. The van der Waals surface area contributed by atoms with E-state index in [1.54, 1.807) is 32.2 Å². The molecule has 0 radical (unpaired) electrons. The number of nitrogens with one attached hydrogen (secondary N) is 2. The van der Waals surface area contributed by atoms with Gasteiger partial charge in [0.2, 0.25) is 0 Å². The Morgan fingerprint density at radius 1 is 1.36 bits per heavy atom.